The third kappa shape index (κ3) is 6.74. The third-order valence-electron chi connectivity index (χ3n) is 6.54. The Hall–Kier alpha value is -2.55. The predicted molar refractivity (Wildman–Crippen MR) is 138 cm³/mol. The summed E-state index contributed by atoms with van der Waals surface area (Å²) in [7, 11) is 0. The van der Waals surface area contributed by atoms with E-state index in [9.17, 15) is 9.59 Å². The van der Waals surface area contributed by atoms with Crippen molar-refractivity contribution in [2.24, 2.45) is 5.41 Å². The van der Waals surface area contributed by atoms with Crippen LogP contribution in [0.4, 0.5) is 5.69 Å². The molecule has 0 bridgehead atoms. The van der Waals surface area contributed by atoms with Crippen LogP contribution >= 0.6 is 23.2 Å². The van der Waals surface area contributed by atoms with Crippen molar-refractivity contribution in [1.29, 1.82) is 0 Å². The number of carbonyl (C=O) groups is 2. The topological polar surface area (TPSA) is 62.6 Å². The van der Waals surface area contributed by atoms with Crippen LogP contribution in [0, 0.1) is 12.0 Å². The lowest BCUT2D eigenvalue weighted by Crippen LogP contribution is -2.44. The van der Waals surface area contributed by atoms with Crippen molar-refractivity contribution in [3.05, 3.63) is 75.1 Å². The highest BCUT2D eigenvalue weighted by molar-refractivity contribution is 6.40. The van der Waals surface area contributed by atoms with Gasteiger partial charge in [-0.15, -0.1) is 0 Å². The summed E-state index contributed by atoms with van der Waals surface area (Å²) >= 11 is 12.2. The standard InChI is InChI=1S/C27H31Cl2N3O2/c1-19(31-26(34)27(14-3-4-15-27)16-5-6-17-30-2)18-20-10-12-21(13-11-20)32-25(33)24-22(28)8-7-9-23(24)29/h7-13,19H,3-6,14-18H2,1H3,(H,31,34)(H,32,33). The minimum atomic E-state index is -0.359. The van der Waals surface area contributed by atoms with Gasteiger partial charge in [-0.05, 0) is 68.9 Å². The van der Waals surface area contributed by atoms with Crippen molar-refractivity contribution in [2.45, 2.75) is 64.3 Å². The smallest absolute Gasteiger partial charge is 0.258 e. The van der Waals surface area contributed by atoms with Crippen LogP contribution in [0.2, 0.25) is 10.0 Å². The van der Waals surface area contributed by atoms with Crippen LogP contribution < -0.4 is 10.6 Å². The highest BCUT2D eigenvalue weighted by Gasteiger charge is 2.40. The van der Waals surface area contributed by atoms with Crippen LogP contribution in [0.5, 0.6) is 0 Å². The van der Waals surface area contributed by atoms with E-state index in [1.165, 1.54) is 0 Å². The molecule has 1 aliphatic carbocycles. The van der Waals surface area contributed by atoms with Gasteiger partial charge in [-0.3, -0.25) is 9.59 Å². The highest BCUT2D eigenvalue weighted by Crippen LogP contribution is 2.42. The Kier molecular flexibility index (Phi) is 9.38. The SMILES string of the molecule is [C-]#[N+]CCCCC1(C(=O)NC(C)Cc2ccc(NC(=O)c3c(Cl)cccc3Cl)cc2)CCCC1. The maximum absolute atomic E-state index is 13.2. The molecule has 0 spiro atoms. The van der Waals surface area contributed by atoms with Gasteiger partial charge in [0.1, 0.15) is 0 Å². The molecule has 0 radical (unpaired) electrons. The van der Waals surface area contributed by atoms with Gasteiger partial charge in [0.05, 0.1) is 15.6 Å². The van der Waals surface area contributed by atoms with Gasteiger partial charge in [0.25, 0.3) is 5.91 Å². The van der Waals surface area contributed by atoms with E-state index in [4.69, 9.17) is 29.8 Å². The Labute approximate surface area is 212 Å². The molecule has 1 aliphatic rings. The molecule has 34 heavy (non-hydrogen) atoms. The molecule has 1 atom stereocenters. The number of nitrogens with one attached hydrogen (secondary N) is 2. The number of amides is 2. The molecule has 2 aromatic rings. The van der Waals surface area contributed by atoms with Crippen LogP contribution in [0.25, 0.3) is 4.85 Å². The summed E-state index contributed by atoms with van der Waals surface area (Å²) in [4.78, 5) is 29.1. The fraction of sp³-hybridized carbons (Fsp3) is 0.444. The molecule has 1 saturated carbocycles. The Morgan fingerprint density at radius 2 is 1.71 bits per heavy atom. The molecular weight excluding hydrogens is 469 g/mol. The maximum atomic E-state index is 13.2. The second-order valence-corrected chi connectivity index (χ2v) is 9.97. The van der Waals surface area contributed by atoms with E-state index < -0.39 is 0 Å². The first kappa shape index (κ1) is 26.1. The van der Waals surface area contributed by atoms with Gasteiger partial charge < -0.3 is 15.5 Å². The van der Waals surface area contributed by atoms with Gasteiger partial charge >= 0.3 is 0 Å². The first-order valence-corrected chi connectivity index (χ1v) is 12.6. The molecule has 0 aromatic heterocycles. The summed E-state index contributed by atoms with van der Waals surface area (Å²) < 4.78 is 0. The number of hydrogen-bond donors (Lipinski definition) is 2. The Morgan fingerprint density at radius 1 is 1.06 bits per heavy atom. The van der Waals surface area contributed by atoms with Crippen molar-refractivity contribution >= 4 is 40.7 Å². The average Bonchev–Trinajstić information content (AvgIpc) is 3.28. The molecule has 1 fully saturated rings. The van der Waals surface area contributed by atoms with E-state index in [0.29, 0.717) is 28.7 Å². The van der Waals surface area contributed by atoms with E-state index in [1.807, 2.05) is 31.2 Å². The van der Waals surface area contributed by atoms with Gasteiger partial charge in [-0.25, -0.2) is 6.57 Å². The molecule has 0 heterocycles. The van der Waals surface area contributed by atoms with Crippen molar-refractivity contribution in [1.82, 2.24) is 5.32 Å². The molecule has 0 saturated heterocycles. The van der Waals surface area contributed by atoms with E-state index in [0.717, 1.165) is 50.5 Å². The quantitative estimate of drug-likeness (QED) is 0.274. The van der Waals surface area contributed by atoms with Gasteiger partial charge in [-0.1, -0.05) is 54.2 Å². The van der Waals surface area contributed by atoms with Crippen LogP contribution in [-0.2, 0) is 11.2 Å². The number of rotatable bonds is 10. The zero-order chi connectivity index (χ0) is 24.6. The summed E-state index contributed by atoms with van der Waals surface area (Å²) in [6, 6.07) is 12.5. The van der Waals surface area contributed by atoms with Crippen molar-refractivity contribution in [3.63, 3.8) is 0 Å². The van der Waals surface area contributed by atoms with Crippen LogP contribution in [0.1, 0.15) is 67.8 Å². The van der Waals surface area contributed by atoms with Crippen molar-refractivity contribution in [3.8, 4) is 0 Å². The molecule has 1 unspecified atom stereocenters. The van der Waals surface area contributed by atoms with Gasteiger partial charge in [0.15, 0.2) is 0 Å². The minimum Gasteiger partial charge on any atom is -0.353 e. The zero-order valence-corrected chi connectivity index (χ0v) is 21.0. The molecule has 2 aromatic carbocycles. The van der Waals surface area contributed by atoms with Crippen LogP contribution in [0.15, 0.2) is 42.5 Å². The van der Waals surface area contributed by atoms with E-state index in [1.54, 1.807) is 18.2 Å². The number of benzene rings is 2. The Bertz CT molecular complexity index is 1020. The van der Waals surface area contributed by atoms with E-state index in [2.05, 4.69) is 15.5 Å². The lowest BCUT2D eigenvalue weighted by molar-refractivity contribution is -0.132. The number of halogens is 2. The first-order chi connectivity index (χ1) is 16.3. The van der Waals surface area contributed by atoms with Crippen molar-refractivity contribution < 1.29 is 9.59 Å². The fourth-order valence-corrected chi connectivity index (χ4v) is 5.28. The highest BCUT2D eigenvalue weighted by atomic mass is 35.5. The molecule has 3 rings (SSSR count). The van der Waals surface area contributed by atoms with Gasteiger partial charge in [0, 0.05) is 23.6 Å². The molecule has 5 nitrogen and oxygen atoms in total. The molecule has 7 heteroatoms. The van der Waals surface area contributed by atoms with Gasteiger partial charge in [0.2, 0.25) is 12.5 Å². The fourth-order valence-electron chi connectivity index (χ4n) is 4.71. The Balaban J connectivity index is 1.55. The Morgan fingerprint density at radius 3 is 2.32 bits per heavy atom. The minimum absolute atomic E-state index is 0.00408. The van der Waals surface area contributed by atoms with E-state index in [-0.39, 0.29) is 28.8 Å². The van der Waals surface area contributed by atoms with Crippen LogP contribution in [0.3, 0.4) is 0 Å². The average molecular weight is 500 g/mol. The second kappa shape index (κ2) is 12.2. The first-order valence-electron chi connectivity index (χ1n) is 11.8. The summed E-state index contributed by atoms with van der Waals surface area (Å²) in [6.45, 7) is 9.50. The third-order valence-corrected chi connectivity index (χ3v) is 7.17. The number of unbranched alkanes of at least 4 members (excludes halogenated alkanes) is 1. The predicted octanol–water partition coefficient (Wildman–Crippen LogP) is 6.94. The maximum Gasteiger partial charge on any atom is 0.258 e. The summed E-state index contributed by atoms with van der Waals surface area (Å²) in [5, 5.41) is 6.67. The largest absolute Gasteiger partial charge is 0.353 e. The molecule has 2 amide bonds. The van der Waals surface area contributed by atoms with Crippen molar-refractivity contribution in [2.75, 3.05) is 11.9 Å². The lowest BCUT2D eigenvalue weighted by atomic mass is 9.80. The summed E-state index contributed by atoms with van der Waals surface area (Å²) in [5.41, 5.74) is 1.69. The number of carbonyl (C=O) groups excluding carboxylic acids is 2. The van der Waals surface area contributed by atoms with Crippen LogP contribution in [-0.4, -0.2) is 24.4 Å². The lowest BCUT2D eigenvalue weighted by Gasteiger charge is -2.29. The van der Waals surface area contributed by atoms with E-state index >= 15 is 0 Å². The second-order valence-electron chi connectivity index (χ2n) is 9.15. The normalized spacial score (nSPS) is 15.4. The number of hydrogen-bond acceptors (Lipinski definition) is 2. The number of anilines is 1. The monoisotopic (exact) mass is 499 g/mol. The molecule has 2 N–H and O–H groups in total. The molecule has 180 valence electrons. The summed E-state index contributed by atoms with van der Waals surface area (Å²) in [5.74, 6) is -0.206. The van der Waals surface area contributed by atoms with Gasteiger partial charge in [-0.2, -0.15) is 0 Å². The summed E-state index contributed by atoms with van der Waals surface area (Å²) in [6.07, 6.45) is 7.42. The molecule has 0 aliphatic heterocycles. The number of nitrogens with zero attached hydrogens (tertiary/aromatic N) is 1. The zero-order valence-electron chi connectivity index (χ0n) is 19.5. The molecular formula is C27H31Cl2N3O2.